The van der Waals surface area contributed by atoms with Gasteiger partial charge in [-0.25, -0.2) is 13.2 Å². The lowest BCUT2D eigenvalue weighted by molar-refractivity contribution is -0.136. The topological polar surface area (TPSA) is 69.7 Å². The number of methoxy groups -OCH3 is 1. The first-order chi connectivity index (χ1) is 13.4. The Kier molecular flexibility index (Phi) is 6.19. The molecule has 1 heterocycles. The summed E-state index contributed by atoms with van der Waals surface area (Å²) in [7, 11) is -2.16. The maximum absolute atomic E-state index is 12.6. The SMILES string of the molecule is CCCCOc1ccc(-c2ccc3c(c2)C=C(C(=O)OC)CCS3(=O)=O)cc1. The van der Waals surface area contributed by atoms with Gasteiger partial charge in [0.2, 0.25) is 0 Å². The number of esters is 1. The summed E-state index contributed by atoms with van der Waals surface area (Å²) in [5.74, 6) is 0.203. The van der Waals surface area contributed by atoms with Crippen molar-refractivity contribution in [2.24, 2.45) is 0 Å². The Bertz CT molecular complexity index is 988. The van der Waals surface area contributed by atoms with E-state index in [9.17, 15) is 13.2 Å². The molecule has 148 valence electrons. The van der Waals surface area contributed by atoms with Crippen molar-refractivity contribution in [3.05, 3.63) is 53.6 Å². The monoisotopic (exact) mass is 400 g/mol. The van der Waals surface area contributed by atoms with Crippen LogP contribution >= 0.6 is 0 Å². The molecule has 0 unspecified atom stereocenters. The van der Waals surface area contributed by atoms with Crippen molar-refractivity contribution in [1.82, 2.24) is 0 Å². The lowest BCUT2D eigenvalue weighted by Crippen LogP contribution is -2.09. The number of ether oxygens (including phenoxy) is 2. The Morgan fingerprint density at radius 2 is 1.79 bits per heavy atom. The summed E-state index contributed by atoms with van der Waals surface area (Å²) in [5.41, 5.74) is 2.69. The first-order valence-electron chi connectivity index (χ1n) is 9.33. The number of carbonyl (C=O) groups excluding carboxylic acids is 1. The number of benzene rings is 2. The summed E-state index contributed by atoms with van der Waals surface area (Å²) in [5, 5.41) is 0. The predicted molar refractivity (Wildman–Crippen MR) is 109 cm³/mol. The lowest BCUT2D eigenvalue weighted by atomic mass is 10.0. The molecule has 2 aromatic rings. The summed E-state index contributed by atoms with van der Waals surface area (Å²) in [6, 6.07) is 12.9. The largest absolute Gasteiger partial charge is 0.494 e. The molecular weight excluding hydrogens is 376 g/mol. The van der Waals surface area contributed by atoms with Crippen molar-refractivity contribution < 1.29 is 22.7 Å². The molecule has 0 N–H and O–H groups in total. The summed E-state index contributed by atoms with van der Waals surface area (Å²) in [6.45, 7) is 2.80. The number of carbonyl (C=O) groups is 1. The van der Waals surface area contributed by atoms with Crippen LogP contribution in [0.2, 0.25) is 0 Å². The smallest absolute Gasteiger partial charge is 0.333 e. The summed E-state index contributed by atoms with van der Waals surface area (Å²) < 4.78 is 35.6. The number of rotatable bonds is 6. The molecule has 0 bridgehead atoms. The van der Waals surface area contributed by atoms with Gasteiger partial charge in [-0.3, -0.25) is 0 Å². The highest BCUT2D eigenvalue weighted by atomic mass is 32.2. The zero-order valence-electron chi connectivity index (χ0n) is 16.1. The number of hydrogen-bond donors (Lipinski definition) is 0. The van der Waals surface area contributed by atoms with Crippen molar-refractivity contribution in [3.63, 3.8) is 0 Å². The molecule has 0 spiro atoms. The average molecular weight is 400 g/mol. The van der Waals surface area contributed by atoms with Gasteiger partial charge >= 0.3 is 5.97 Å². The van der Waals surface area contributed by atoms with Gasteiger partial charge in [-0.1, -0.05) is 31.5 Å². The molecule has 0 radical (unpaired) electrons. The van der Waals surface area contributed by atoms with E-state index < -0.39 is 15.8 Å². The van der Waals surface area contributed by atoms with Crippen LogP contribution in [0.5, 0.6) is 5.75 Å². The molecule has 5 nitrogen and oxygen atoms in total. The number of sulfone groups is 1. The minimum absolute atomic E-state index is 0.107. The van der Waals surface area contributed by atoms with E-state index in [4.69, 9.17) is 9.47 Å². The van der Waals surface area contributed by atoms with E-state index in [1.165, 1.54) is 7.11 Å². The van der Waals surface area contributed by atoms with Crippen LogP contribution in [0.15, 0.2) is 52.9 Å². The Labute approximate surface area is 165 Å². The second kappa shape index (κ2) is 8.61. The third-order valence-electron chi connectivity index (χ3n) is 4.72. The zero-order valence-corrected chi connectivity index (χ0v) is 16.9. The first-order valence-corrected chi connectivity index (χ1v) is 11.0. The fraction of sp³-hybridized carbons (Fsp3) is 0.318. The zero-order chi connectivity index (χ0) is 20.1. The quantitative estimate of drug-likeness (QED) is 0.535. The van der Waals surface area contributed by atoms with Gasteiger partial charge in [0, 0.05) is 5.57 Å². The number of hydrogen-bond acceptors (Lipinski definition) is 5. The minimum atomic E-state index is -3.45. The molecule has 1 aliphatic rings. The molecular formula is C22H24O5S. The van der Waals surface area contributed by atoms with E-state index >= 15 is 0 Å². The molecule has 0 atom stereocenters. The van der Waals surface area contributed by atoms with Crippen molar-refractivity contribution >= 4 is 21.9 Å². The highest BCUT2D eigenvalue weighted by Gasteiger charge is 2.25. The van der Waals surface area contributed by atoms with E-state index in [2.05, 4.69) is 6.92 Å². The van der Waals surface area contributed by atoms with Gasteiger partial charge in [-0.05, 0) is 59.9 Å². The highest BCUT2D eigenvalue weighted by Crippen LogP contribution is 2.31. The summed E-state index contributed by atoms with van der Waals surface area (Å²) >= 11 is 0. The molecule has 0 aliphatic carbocycles. The van der Waals surface area contributed by atoms with Crippen molar-refractivity contribution in [2.45, 2.75) is 31.1 Å². The Balaban J connectivity index is 1.95. The lowest BCUT2D eigenvalue weighted by Gasteiger charge is -2.10. The predicted octanol–water partition coefficient (Wildman–Crippen LogP) is 4.27. The van der Waals surface area contributed by atoms with Crippen LogP contribution in [0, 0.1) is 0 Å². The van der Waals surface area contributed by atoms with Crippen LogP contribution in [0.1, 0.15) is 31.7 Å². The number of fused-ring (bicyclic) bond motifs is 1. The van der Waals surface area contributed by atoms with Crippen molar-refractivity contribution in [1.29, 1.82) is 0 Å². The molecule has 0 amide bonds. The fourth-order valence-corrected chi connectivity index (χ4v) is 4.57. The second-order valence-corrected chi connectivity index (χ2v) is 8.79. The molecule has 0 fully saturated rings. The Morgan fingerprint density at radius 3 is 2.46 bits per heavy atom. The van der Waals surface area contributed by atoms with E-state index in [1.807, 2.05) is 24.3 Å². The molecule has 6 heteroatoms. The van der Waals surface area contributed by atoms with E-state index in [-0.39, 0.29) is 17.1 Å². The van der Waals surface area contributed by atoms with Crippen LogP contribution in [-0.2, 0) is 19.4 Å². The minimum Gasteiger partial charge on any atom is -0.494 e. The maximum atomic E-state index is 12.6. The van der Waals surface area contributed by atoms with Crippen LogP contribution < -0.4 is 4.74 Å². The van der Waals surface area contributed by atoms with Gasteiger partial charge < -0.3 is 9.47 Å². The Hall–Kier alpha value is -2.60. The molecule has 1 aliphatic heterocycles. The van der Waals surface area contributed by atoms with Crippen LogP contribution in [0.3, 0.4) is 0 Å². The standard InChI is InChI=1S/C22H24O5S/c1-3-4-12-27-20-8-5-16(6-9-20)17-7-10-21-19(14-17)15-18(22(23)26-2)11-13-28(21,24)25/h5-10,14-15H,3-4,11-13H2,1-2H3. The first kappa shape index (κ1) is 20.1. The van der Waals surface area contributed by atoms with Gasteiger partial charge in [0.1, 0.15) is 5.75 Å². The third-order valence-corrected chi connectivity index (χ3v) is 6.50. The average Bonchev–Trinajstić information content (AvgIpc) is 2.84. The van der Waals surface area contributed by atoms with Gasteiger partial charge in [-0.2, -0.15) is 0 Å². The van der Waals surface area contributed by atoms with Crippen molar-refractivity contribution in [2.75, 3.05) is 19.5 Å². The van der Waals surface area contributed by atoms with Gasteiger partial charge in [-0.15, -0.1) is 0 Å². The third kappa shape index (κ3) is 4.44. The molecule has 3 rings (SSSR count). The van der Waals surface area contributed by atoms with Crippen LogP contribution in [-0.4, -0.2) is 33.9 Å². The second-order valence-electron chi connectivity index (χ2n) is 6.71. The van der Waals surface area contributed by atoms with E-state index in [0.717, 1.165) is 29.7 Å². The summed E-state index contributed by atoms with van der Waals surface area (Å²) in [4.78, 5) is 12.2. The van der Waals surface area contributed by atoms with Crippen LogP contribution in [0.4, 0.5) is 0 Å². The van der Waals surface area contributed by atoms with Crippen LogP contribution in [0.25, 0.3) is 17.2 Å². The number of unbranched alkanes of at least 4 members (excludes halogenated alkanes) is 1. The van der Waals surface area contributed by atoms with E-state index in [0.29, 0.717) is 17.7 Å². The van der Waals surface area contributed by atoms with Crippen molar-refractivity contribution in [3.8, 4) is 16.9 Å². The molecule has 0 saturated heterocycles. The van der Waals surface area contributed by atoms with Gasteiger partial charge in [0.15, 0.2) is 9.84 Å². The molecule has 0 aromatic heterocycles. The van der Waals surface area contributed by atoms with Gasteiger partial charge in [0.05, 0.1) is 24.4 Å². The summed E-state index contributed by atoms with van der Waals surface area (Å²) in [6.07, 6.45) is 3.85. The molecule has 0 saturated carbocycles. The fourth-order valence-electron chi connectivity index (χ4n) is 3.11. The molecule has 2 aromatic carbocycles. The Morgan fingerprint density at radius 1 is 1.07 bits per heavy atom. The molecule has 28 heavy (non-hydrogen) atoms. The normalized spacial score (nSPS) is 15.1. The van der Waals surface area contributed by atoms with Gasteiger partial charge in [0.25, 0.3) is 0 Å². The highest BCUT2D eigenvalue weighted by molar-refractivity contribution is 7.91. The van der Waals surface area contributed by atoms with E-state index in [1.54, 1.807) is 24.3 Å². The maximum Gasteiger partial charge on any atom is 0.333 e.